The van der Waals surface area contributed by atoms with Gasteiger partial charge in [0.1, 0.15) is 30.1 Å². The van der Waals surface area contributed by atoms with Gasteiger partial charge in [0.2, 0.25) is 0 Å². The molecule has 1 amide bonds. The predicted octanol–water partition coefficient (Wildman–Crippen LogP) is 2.83. The third-order valence-corrected chi connectivity index (χ3v) is 3.23. The minimum absolute atomic E-state index is 0.122. The largest absolute Gasteiger partial charge is 0.488 e. The van der Waals surface area contributed by atoms with E-state index < -0.39 is 12.2 Å². The van der Waals surface area contributed by atoms with Crippen molar-refractivity contribution < 1.29 is 14.3 Å². The molecule has 0 saturated heterocycles. The zero-order valence-electron chi connectivity index (χ0n) is 13.4. The van der Waals surface area contributed by atoms with Crippen molar-refractivity contribution in [2.24, 2.45) is 0 Å². The van der Waals surface area contributed by atoms with Gasteiger partial charge in [-0.2, -0.15) is 5.26 Å². The van der Waals surface area contributed by atoms with Gasteiger partial charge in [0, 0.05) is 6.54 Å². The standard InChI is InChI=1S/C18H19N3O3/c1-13(12-23-17-9-5-8-16(20)15(17)10-19)24-18(22)21-11-14-6-3-2-4-7-14/h2-9,13H,11-12,20H2,1H3,(H,21,22)/t13-/m0/s1. The molecule has 0 fully saturated rings. The number of amides is 1. The summed E-state index contributed by atoms with van der Waals surface area (Å²) in [6, 6.07) is 16.5. The van der Waals surface area contributed by atoms with Gasteiger partial charge in [0.25, 0.3) is 0 Å². The summed E-state index contributed by atoms with van der Waals surface area (Å²) in [4.78, 5) is 11.8. The van der Waals surface area contributed by atoms with E-state index in [0.29, 0.717) is 18.0 Å². The molecule has 1 atom stereocenters. The van der Waals surface area contributed by atoms with E-state index in [2.05, 4.69) is 5.32 Å². The number of nitrogen functional groups attached to an aromatic ring is 1. The Morgan fingerprint density at radius 3 is 2.71 bits per heavy atom. The van der Waals surface area contributed by atoms with Gasteiger partial charge in [0.05, 0.1) is 5.69 Å². The molecule has 0 unspecified atom stereocenters. The topological polar surface area (TPSA) is 97.4 Å². The van der Waals surface area contributed by atoms with Crippen LogP contribution in [0.2, 0.25) is 0 Å². The summed E-state index contributed by atoms with van der Waals surface area (Å²) in [5.41, 5.74) is 7.33. The first kappa shape index (κ1) is 17.2. The van der Waals surface area contributed by atoms with Gasteiger partial charge in [-0.25, -0.2) is 4.79 Å². The monoisotopic (exact) mass is 325 g/mol. The van der Waals surface area contributed by atoms with Gasteiger partial charge in [0.15, 0.2) is 0 Å². The van der Waals surface area contributed by atoms with Crippen molar-refractivity contribution in [3.8, 4) is 11.8 Å². The smallest absolute Gasteiger partial charge is 0.407 e. The van der Waals surface area contributed by atoms with Crippen LogP contribution in [0.4, 0.5) is 10.5 Å². The van der Waals surface area contributed by atoms with Crippen LogP contribution in [-0.2, 0) is 11.3 Å². The van der Waals surface area contributed by atoms with Crippen LogP contribution >= 0.6 is 0 Å². The summed E-state index contributed by atoms with van der Waals surface area (Å²) < 4.78 is 10.7. The normalized spacial score (nSPS) is 11.2. The van der Waals surface area contributed by atoms with E-state index in [0.717, 1.165) is 5.56 Å². The molecule has 0 heterocycles. The van der Waals surface area contributed by atoms with Crippen LogP contribution in [0.25, 0.3) is 0 Å². The van der Waals surface area contributed by atoms with Crippen LogP contribution in [0.15, 0.2) is 48.5 Å². The quantitative estimate of drug-likeness (QED) is 0.796. The Hall–Kier alpha value is -3.20. The number of carbonyl (C=O) groups excluding carboxylic acids is 1. The lowest BCUT2D eigenvalue weighted by Crippen LogP contribution is -2.30. The summed E-state index contributed by atoms with van der Waals surface area (Å²) in [7, 11) is 0. The Bertz CT molecular complexity index is 726. The Balaban J connectivity index is 1.79. The van der Waals surface area contributed by atoms with Gasteiger partial charge in [-0.1, -0.05) is 36.4 Å². The second-order valence-corrected chi connectivity index (χ2v) is 5.20. The van der Waals surface area contributed by atoms with Crippen molar-refractivity contribution in [1.82, 2.24) is 5.32 Å². The molecule has 0 aromatic heterocycles. The summed E-state index contributed by atoms with van der Waals surface area (Å²) in [5.74, 6) is 0.373. The molecule has 0 spiro atoms. The third kappa shape index (κ3) is 4.92. The third-order valence-electron chi connectivity index (χ3n) is 3.23. The SMILES string of the molecule is C[C@@H](COc1cccc(N)c1C#N)OC(=O)NCc1ccccc1. The number of hydrogen-bond acceptors (Lipinski definition) is 5. The predicted molar refractivity (Wildman–Crippen MR) is 90.3 cm³/mol. The van der Waals surface area contributed by atoms with Crippen LogP contribution < -0.4 is 15.8 Å². The first-order valence-corrected chi connectivity index (χ1v) is 7.50. The molecule has 0 radical (unpaired) electrons. The highest BCUT2D eigenvalue weighted by molar-refractivity contribution is 5.67. The van der Waals surface area contributed by atoms with Gasteiger partial charge >= 0.3 is 6.09 Å². The van der Waals surface area contributed by atoms with Crippen LogP contribution in [0.3, 0.4) is 0 Å². The first-order chi connectivity index (χ1) is 11.6. The Labute approximate surface area is 140 Å². The molecule has 3 N–H and O–H groups in total. The maximum atomic E-state index is 11.8. The zero-order valence-corrected chi connectivity index (χ0v) is 13.4. The van der Waals surface area contributed by atoms with Crippen molar-refractivity contribution in [2.75, 3.05) is 12.3 Å². The highest BCUT2D eigenvalue weighted by Gasteiger charge is 2.12. The van der Waals surface area contributed by atoms with E-state index in [9.17, 15) is 4.79 Å². The fraction of sp³-hybridized carbons (Fsp3) is 0.222. The van der Waals surface area contributed by atoms with Gasteiger partial charge in [-0.3, -0.25) is 0 Å². The van der Waals surface area contributed by atoms with E-state index in [4.69, 9.17) is 20.5 Å². The Morgan fingerprint density at radius 2 is 2.00 bits per heavy atom. The van der Waals surface area contributed by atoms with Gasteiger partial charge < -0.3 is 20.5 Å². The number of ether oxygens (including phenoxy) is 2. The maximum absolute atomic E-state index is 11.8. The number of hydrogen-bond donors (Lipinski definition) is 2. The second kappa shape index (κ2) is 8.44. The molecule has 6 heteroatoms. The molecule has 0 saturated carbocycles. The highest BCUT2D eigenvalue weighted by Crippen LogP contribution is 2.23. The second-order valence-electron chi connectivity index (χ2n) is 5.20. The summed E-state index contributed by atoms with van der Waals surface area (Å²) in [6.45, 7) is 2.22. The molecular formula is C18H19N3O3. The van der Waals surface area contributed by atoms with Gasteiger partial charge in [-0.05, 0) is 24.6 Å². The zero-order chi connectivity index (χ0) is 17.4. The summed E-state index contributed by atoms with van der Waals surface area (Å²) >= 11 is 0. The van der Waals surface area contributed by atoms with Crippen molar-refractivity contribution in [1.29, 1.82) is 5.26 Å². The Morgan fingerprint density at radius 1 is 1.25 bits per heavy atom. The van der Waals surface area contributed by atoms with Crippen LogP contribution in [0.5, 0.6) is 5.75 Å². The minimum atomic E-state index is -0.525. The number of carbonyl (C=O) groups is 1. The lowest BCUT2D eigenvalue weighted by atomic mass is 10.2. The lowest BCUT2D eigenvalue weighted by Gasteiger charge is -2.16. The number of nitriles is 1. The highest BCUT2D eigenvalue weighted by atomic mass is 16.6. The fourth-order valence-electron chi connectivity index (χ4n) is 2.02. The Kier molecular flexibility index (Phi) is 6.03. The van der Waals surface area contributed by atoms with Crippen molar-refractivity contribution >= 4 is 11.8 Å². The van der Waals surface area contributed by atoms with E-state index >= 15 is 0 Å². The van der Waals surface area contributed by atoms with E-state index in [1.807, 2.05) is 36.4 Å². The first-order valence-electron chi connectivity index (χ1n) is 7.50. The molecule has 2 aromatic carbocycles. The number of alkyl carbamates (subject to hydrolysis) is 1. The number of anilines is 1. The van der Waals surface area contributed by atoms with Crippen LogP contribution in [0.1, 0.15) is 18.1 Å². The molecule has 0 bridgehead atoms. The van der Waals surface area contributed by atoms with E-state index in [1.165, 1.54) is 0 Å². The molecular weight excluding hydrogens is 306 g/mol. The molecule has 0 aliphatic carbocycles. The van der Waals surface area contributed by atoms with E-state index in [1.54, 1.807) is 25.1 Å². The number of benzene rings is 2. The maximum Gasteiger partial charge on any atom is 0.407 e. The number of nitrogens with two attached hydrogens (primary N) is 1. The molecule has 2 rings (SSSR count). The molecule has 24 heavy (non-hydrogen) atoms. The van der Waals surface area contributed by atoms with E-state index in [-0.39, 0.29) is 12.2 Å². The average molecular weight is 325 g/mol. The van der Waals surface area contributed by atoms with Crippen molar-refractivity contribution in [2.45, 2.75) is 19.6 Å². The van der Waals surface area contributed by atoms with Crippen LogP contribution in [-0.4, -0.2) is 18.8 Å². The van der Waals surface area contributed by atoms with Gasteiger partial charge in [-0.15, -0.1) is 0 Å². The minimum Gasteiger partial charge on any atom is -0.488 e. The number of nitrogens with zero attached hydrogens (tertiary/aromatic N) is 1. The molecule has 124 valence electrons. The summed E-state index contributed by atoms with van der Waals surface area (Å²) in [5, 5.41) is 11.8. The fourth-order valence-corrected chi connectivity index (χ4v) is 2.02. The average Bonchev–Trinajstić information content (AvgIpc) is 2.59. The number of rotatable bonds is 6. The molecule has 2 aromatic rings. The lowest BCUT2D eigenvalue weighted by molar-refractivity contribution is 0.0750. The van der Waals surface area contributed by atoms with Crippen molar-refractivity contribution in [3.05, 3.63) is 59.7 Å². The molecule has 0 aliphatic heterocycles. The molecule has 6 nitrogen and oxygen atoms in total. The number of nitrogens with one attached hydrogen (secondary N) is 1. The summed E-state index contributed by atoms with van der Waals surface area (Å²) in [6.07, 6.45) is -1.00. The van der Waals surface area contributed by atoms with Crippen LogP contribution in [0, 0.1) is 11.3 Å². The molecule has 0 aliphatic rings. The van der Waals surface area contributed by atoms with Crippen molar-refractivity contribution in [3.63, 3.8) is 0 Å².